The van der Waals surface area contributed by atoms with E-state index in [1.165, 1.54) is 0 Å². The predicted molar refractivity (Wildman–Crippen MR) is 77.1 cm³/mol. The molecular weight excluding hydrogens is 268 g/mol. The zero-order chi connectivity index (χ0) is 13.1. The Hall–Kier alpha value is -0.620. The van der Waals surface area contributed by atoms with Crippen LogP contribution in [-0.4, -0.2) is 45.2 Å². The van der Waals surface area contributed by atoms with Crippen molar-refractivity contribution in [2.45, 2.75) is 25.1 Å². The number of nitrogens with zero attached hydrogens (tertiary/aromatic N) is 2. The smallest absolute Gasteiger partial charge is 0.198 e. The van der Waals surface area contributed by atoms with Crippen molar-refractivity contribution >= 4 is 29.3 Å². The van der Waals surface area contributed by atoms with Crippen molar-refractivity contribution in [2.24, 2.45) is 0 Å². The molecule has 1 atom stereocenters. The number of hydrogen-bond donors (Lipinski definition) is 0. The van der Waals surface area contributed by atoms with Crippen molar-refractivity contribution in [3.63, 3.8) is 0 Å². The molecule has 1 aromatic heterocycles. The number of carbonyl (C=O) groups excluding carboxylic acids is 1. The second kappa shape index (κ2) is 6.02. The maximum atomic E-state index is 12.6. The summed E-state index contributed by atoms with van der Waals surface area (Å²) in [5.41, 5.74) is 0.618. The molecule has 0 amide bonds. The summed E-state index contributed by atoms with van der Waals surface area (Å²) in [6.45, 7) is 4.04. The third-order valence-corrected chi connectivity index (χ3v) is 5.57. The van der Waals surface area contributed by atoms with E-state index in [-0.39, 0.29) is 17.1 Å². The molecule has 0 bridgehead atoms. The average Bonchev–Trinajstić information content (AvgIpc) is 2.82. The molecule has 1 aromatic rings. The van der Waals surface area contributed by atoms with Gasteiger partial charge in [-0.2, -0.15) is 16.9 Å². The Morgan fingerprint density at radius 1 is 1.56 bits per heavy atom. The molecule has 1 fully saturated rings. The quantitative estimate of drug-likeness (QED) is 0.796. The Labute approximate surface area is 116 Å². The molecule has 0 N–H and O–H groups in total. The minimum absolute atomic E-state index is 0.0341. The number of hydrogen-bond acceptors (Lipinski definition) is 5. The van der Waals surface area contributed by atoms with Gasteiger partial charge in [-0.3, -0.25) is 9.48 Å². The molecule has 1 aliphatic heterocycles. The van der Waals surface area contributed by atoms with Gasteiger partial charge in [-0.25, -0.2) is 0 Å². The fraction of sp³-hybridized carbons (Fsp3) is 0.667. The summed E-state index contributed by atoms with van der Waals surface area (Å²) in [7, 11) is 1.58. The molecule has 6 heteroatoms. The summed E-state index contributed by atoms with van der Waals surface area (Å²) in [6.07, 6.45) is 1.63. The highest BCUT2D eigenvalue weighted by atomic mass is 32.2. The van der Waals surface area contributed by atoms with Gasteiger partial charge in [0.05, 0.1) is 18.6 Å². The zero-order valence-electron chi connectivity index (χ0n) is 10.9. The Balaban J connectivity index is 2.29. The van der Waals surface area contributed by atoms with Gasteiger partial charge in [0.1, 0.15) is 5.69 Å². The van der Waals surface area contributed by atoms with E-state index in [2.05, 4.69) is 5.10 Å². The van der Waals surface area contributed by atoms with Crippen molar-refractivity contribution in [3.05, 3.63) is 11.9 Å². The average molecular weight is 286 g/mol. The van der Waals surface area contributed by atoms with Crippen LogP contribution >= 0.6 is 23.5 Å². The van der Waals surface area contributed by atoms with Crippen LogP contribution < -0.4 is 4.74 Å². The highest BCUT2D eigenvalue weighted by molar-refractivity contribution is 8.07. The second-order valence-corrected chi connectivity index (χ2v) is 6.86. The fourth-order valence-corrected chi connectivity index (χ4v) is 4.52. The summed E-state index contributed by atoms with van der Waals surface area (Å²) in [6, 6.07) is 0.161. The molecule has 0 radical (unpaired) electrons. The lowest BCUT2D eigenvalue weighted by Crippen LogP contribution is -2.27. The molecule has 1 saturated heterocycles. The molecule has 100 valence electrons. The predicted octanol–water partition coefficient (Wildman–Crippen LogP) is 2.50. The van der Waals surface area contributed by atoms with Crippen LogP contribution in [-0.2, 0) is 0 Å². The van der Waals surface area contributed by atoms with Gasteiger partial charge in [-0.05, 0) is 13.8 Å². The molecule has 18 heavy (non-hydrogen) atoms. The number of ether oxygens (including phenoxy) is 1. The molecule has 0 aromatic carbocycles. The highest BCUT2D eigenvalue weighted by Crippen LogP contribution is 2.30. The second-order valence-electron chi connectivity index (χ2n) is 4.40. The van der Waals surface area contributed by atoms with Crippen LogP contribution in [0.15, 0.2) is 6.20 Å². The SMILES string of the molecule is COc1cnn(C(C)C)c1C(=O)C1CSCCS1. The van der Waals surface area contributed by atoms with E-state index in [9.17, 15) is 4.79 Å². The normalized spacial score (nSPS) is 20.1. The fourth-order valence-electron chi connectivity index (χ4n) is 1.91. The number of Topliss-reactive ketones (excluding diaryl/α,β-unsaturated/α-hetero) is 1. The van der Waals surface area contributed by atoms with Crippen molar-refractivity contribution in [3.8, 4) is 5.75 Å². The summed E-state index contributed by atoms with van der Waals surface area (Å²) in [4.78, 5) is 12.6. The summed E-state index contributed by atoms with van der Waals surface area (Å²) >= 11 is 3.59. The first-order valence-electron chi connectivity index (χ1n) is 6.00. The van der Waals surface area contributed by atoms with Crippen molar-refractivity contribution in [1.29, 1.82) is 0 Å². The minimum Gasteiger partial charge on any atom is -0.493 e. The summed E-state index contributed by atoms with van der Waals surface area (Å²) in [5.74, 6) is 3.80. The number of rotatable bonds is 4. The number of thioether (sulfide) groups is 2. The van der Waals surface area contributed by atoms with E-state index < -0.39 is 0 Å². The van der Waals surface area contributed by atoms with Crippen molar-refractivity contribution in [1.82, 2.24) is 9.78 Å². The third kappa shape index (κ3) is 2.69. The monoisotopic (exact) mass is 286 g/mol. The lowest BCUT2D eigenvalue weighted by atomic mass is 10.2. The minimum atomic E-state index is 0.0341. The maximum absolute atomic E-state index is 12.6. The van der Waals surface area contributed by atoms with Gasteiger partial charge in [-0.1, -0.05) is 0 Å². The first-order valence-corrected chi connectivity index (χ1v) is 8.20. The van der Waals surface area contributed by atoms with Gasteiger partial charge in [0.2, 0.25) is 0 Å². The van der Waals surface area contributed by atoms with Gasteiger partial charge >= 0.3 is 0 Å². The van der Waals surface area contributed by atoms with Crippen LogP contribution in [0.5, 0.6) is 5.75 Å². The number of aromatic nitrogens is 2. The molecule has 0 spiro atoms. The third-order valence-electron chi connectivity index (χ3n) is 2.81. The van der Waals surface area contributed by atoms with Crippen molar-refractivity contribution in [2.75, 3.05) is 24.4 Å². The Kier molecular flexibility index (Phi) is 4.61. The van der Waals surface area contributed by atoms with E-state index in [0.717, 1.165) is 17.3 Å². The Bertz CT molecular complexity index is 426. The van der Waals surface area contributed by atoms with Gasteiger partial charge in [0, 0.05) is 23.3 Å². The topological polar surface area (TPSA) is 44.1 Å². The van der Waals surface area contributed by atoms with Crippen LogP contribution in [0.2, 0.25) is 0 Å². The highest BCUT2D eigenvalue weighted by Gasteiger charge is 2.29. The Morgan fingerprint density at radius 3 is 2.89 bits per heavy atom. The number of carbonyl (C=O) groups is 1. The molecule has 1 aliphatic rings. The molecule has 1 unspecified atom stereocenters. The van der Waals surface area contributed by atoms with Crippen LogP contribution in [0.1, 0.15) is 30.4 Å². The van der Waals surface area contributed by atoms with E-state index >= 15 is 0 Å². The molecule has 2 heterocycles. The van der Waals surface area contributed by atoms with Crippen molar-refractivity contribution < 1.29 is 9.53 Å². The molecular formula is C12H18N2O2S2. The molecule has 0 aliphatic carbocycles. The molecule has 0 saturated carbocycles. The van der Waals surface area contributed by atoms with E-state index in [0.29, 0.717) is 11.4 Å². The lowest BCUT2D eigenvalue weighted by Gasteiger charge is -2.21. The maximum Gasteiger partial charge on any atom is 0.198 e. The van der Waals surface area contributed by atoms with Gasteiger partial charge < -0.3 is 4.74 Å². The standard InChI is InChI=1S/C12H18N2O2S2/c1-8(2)14-11(9(16-3)6-13-14)12(15)10-7-17-4-5-18-10/h6,8,10H,4-5,7H2,1-3H3. The van der Waals surface area contributed by atoms with Crippen LogP contribution in [0.25, 0.3) is 0 Å². The van der Waals surface area contributed by atoms with Crippen LogP contribution in [0.3, 0.4) is 0 Å². The number of ketones is 1. The van der Waals surface area contributed by atoms with E-state index in [4.69, 9.17) is 4.74 Å². The summed E-state index contributed by atoms with van der Waals surface area (Å²) < 4.78 is 7.03. The zero-order valence-corrected chi connectivity index (χ0v) is 12.5. The van der Waals surface area contributed by atoms with Gasteiger partial charge in [-0.15, -0.1) is 11.8 Å². The first-order chi connectivity index (χ1) is 8.65. The van der Waals surface area contributed by atoms with E-state index in [1.807, 2.05) is 25.6 Å². The van der Waals surface area contributed by atoms with Crippen LogP contribution in [0, 0.1) is 0 Å². The van der Waals surface area contributed by atoms with Crippen LogP contribution in [0.4, 0.5) is 0 Å². The van der Waals surface area contributed by atoms with Gasteiger partial charge in [0.25, 0.3) is 0 Å². The lowest BCUT2D eigenvalue weighted by molar-refractivity contribution is 0.0980. The molecule has 4 nitrogen and oxygen atoms in total. The number of methoxy groups -OCH3 is 1. The van der Waals surface area contributed by atoms with E-state index in [1.54, 1.807) is 29.8 Å². The first kappa shape index (κ1) is 13.8. The summed E-state index contributed by atoms with van der Waals surface area (Å²) in [5, 5.41) is 4.29. The Morgan fingerprint density at radius 2 is 2.33 bits per heavy atom. The van der Waals surface area contributed by atoms with Gasteiger partial charge in [0.15, 0.2) is 11.5 Å². The molecule has 2 rings (SSSR count). The largest absolute Gasteiger partial charge is 0.493 e.